The summed E-state index contributed by atoms with van der Waals surface area (Å²) >= 11 is 0. The topological polar surface area (TPSA) is 94.4 Å². The van der Waals surface area contributed by atoms with Crippen molar-refractivity contribution in [1.82, 2.24) is 4.98 Å². The number of methoxy groups -OCH3 is 1. The smallest absolute Gasteiger partial charge is 0.311 e. The van der Waals surface area contributed by atoms with Crippen LogP contribution in [0.1, 0.15) is 15.9 Å². The molecule has 0 saturated carbocycles. The summed E-state index contributed by atoms with van der Waals surface area (Å²) in [5.74, 6) is 0.339. The average Bonchev–Trinajstić information content (AvgIpc) is 2.73. The van der Waals surface area contributed by atoms with Crippen LogP contribution in [-0.2, 0) is 0 Å². The highest BCUT2D eigenvalue weighted by Crippen LogP contribution is 2.28. The summed E-state index contributed by atoms with van der Waals surface area (Å²) in [6, 6.07) is 17.2. The number of ether oxygens (including phenoxy) is 1. The Balaban J connectivity index is 1.83. The van der Waals surface area contributed by atoms with E-state index in [9.17, 15) is 14.9 Å². The molecular weight excluding hydrogens is 358 g/mol. The van der Waals surface area contributed by atoms with Crippen molar-refractivity contribution in [1.29, 1.82) is 0 Å². The standard InChI is InChI=1S/C21H17N3O4/c1-28-20-12-10-16(14-18(20)24(26)27)19(25)11-9-15-6-5-13-22-21(15)23-17-7-3-2-4-8-17/h2-14H,1H3,(H,22,23)/b11-9+. The molecule has 0 unspecified atom stereocenters. The summed E-state index contributed by atoms with van der Waals surface area (Å²) < 4.78 is 4.96. The molecular formula is C21H17N3O4. The van der Waals surface area contributed by atoms with Crippen LogP contribution in [0.4, 0.5) is 17.2 Å². The highest BCUT2D eigenvalue weighted by molar-refractivity contribution is 6.07. The zero-order valence-corrected chi connectivity index (χ0v) is 15.0. The number of pyridine rings is 1. The molecule has 0 radical (unpaired) electrons. The van der Waals surface area contributed by atoms with E-state index in [2.05, 4.69) is 10.3 Å². The number of aromatic nitrogens is 1. The largest absolute Gasteiger partial charge is 0.490 e. The number of benzene rings is 2. The maximum absolute atomic E-state index is 12.5. The maximum Gasteiger partial charge on any atom is 0.311 e. The van der Waals surface area contributed by atoms with Crippen LogP contribution in [0.15, 0.2) is 72.9 Å². The van der Waals surface area contributed by atoms with Crippen LogP contribution >= 0.6 is 0 Å². The number of nitro benzene ring substituents is 1. The molecule has 0 amide bonds. The van der Waals surface area contributed by atoms with Crippen molar-refractivity contribution in [3.8, 4) is 5.75 Å². The van der Waals surface area contributed by atoms with Gasteiger partial charge in [-0.15, -0.1) is 0 Å². The van der Waals surface area contributed by atoms with Gasteiger partial charge in [0.15, 0.2) is 11.5 Å². The van der Waals surface area contributed by atoms with Crippen molar-refractivity contribution >= 4 is 29.1 Å². The number of hydrogen-bond donors (Lipinski definition) is 1. The number of carbonyl (C=O) groups excluding carboxylic acids is 1. The Morgan fingerprint density at radius 1 is 1.14 bits per heavy atom. The number of carbonyl (C=O) groups is 1. The molecule has 0 bridgehead atoms. The second kappa shape index (κ2) is 8.59. The molecule has 1 N–H and O–H groups in total. The number of hydrogen-bond acceptors (Lipinski definition) is 6. The molecule has 0 saturated heterocycles. The number of nitrogens with zero attached hydrogens (tertiary/aromatic N) is 2. The Labute approximate surface area is 161 Å². The van der Waals surface area contributed by atoms with E-state index < -0.39 is 4.92 Å². The van der Waals surface area contributed by atoms with Crippen LogP contribution in [-0.4, -0.2) is 22.8 Å². The van der Waals surface area contributed by atoms with Gasteiger partial charge in [0.2, 0.25) is 0 Å². The molecule has 0 fully saturated rings. The molecule has 28 heavy (non-hydrogen) atoms. The lowest BCUT2D eigenvalue weighted by atomic mass is 10.1. The van der Waals surface area contributed by atoms with E-state index in [0.29, 0.717) is 11.4 Å². The van der Waals surface area contributed by atoms with E-state index in [1.807, 2.05) is 36.4 Å². The van der Waals surface area contributed by atoms with Crippen LogP contribution in [0.25, 0.3) is 6.08 Å². The first-order valence-corrected chi connectivity index (χ1v) is 8.40. The first-order valence-electron chi connectivity index (χ1n) is 8.40. The van der Waals surface area contributed by atoms with Crippen molar-refractivity contribution in [3.05, 3.63) is 94.2 Å². The number of nitro groups is 1. The molecule has 2 aromatic carbocycles. The van der Waals surface area contributed by atoms with Gasteiger partial charge in [0.25, 0.3) is 0 Å². The van der Waals surface area contributed by atoms with Gasteiger partial charge in [0, 0.05) is 29.1 Å². The van der Waals surface area contributed by atoms with E-state index in [-0.39, 0.29) is 22.8 Å². The zero-order valence-electron chi connectivity index (χ0n) is 15.0. The zero-order chi connectivity index (χ0) is 19.9. The summed E-state index contributed by atoms with van der Waals surface area (Å²) in [5, 5.41) is 14.3. The predicted octanol–water partition coefficient (Wildman–Crippen LogP) is 4.64. The Morgan fingerprint density at radius 2 is 1.93 bits per heavy atom. The number of rotatable bonds is 7. The number of ketones is 1. The Hall–Kier alpha value is -4.00. The number of nitrogens with one attached hydrogen (secondary N) is 1. The fraction of sp³-hybridized carbons (Fsp3) is 0.0476. The number of allylic oxidation sites excluding steroid dienone is 1. The van der Waals surface area contributed by atoms with Gasteiger partial charge in [-0.1, -0.05) is 18.2 Å². The van der Waals surface area contributed by atoms with Gasteiger partial charge in [0.05, 0.1) is 12.0 Å². The fourth-order valence-corrected chi connectivity index (χ4v) is 2.56. The monoisotopic (exact) mass is 375 g/mol. The normalized spacial score (nSPS) is 10.6. The summed E-state index contributed by atoms with van der Waals surface area (Å²) in [5.41, 5.74) is 1.52. The second-order valence-corrected chi connectivity index (χ2v) is 5.77. The first-order chi connectivity index (χ1) is 13.6. The van der Waals surface area contributed by atoms with E-state index >= 15 is 0 Å². The first kappa shape index (κ1) is 18.8. The highest BCUT2D eigenvalue weighted by atomic mass is 16.6. The Kier molecular flexibility index (Phi) is 5.76. The predicted molar refractivity (Wildman–Crippen MR) is 107 cm³/mol. The average molecular weight is 375 g/mol. The van der Waals surface area contributed by atoms with Gasteiger partial charge in [-0.3, -0.25) is 14.9 Å². The van der Waals surface area contributed by atoms with Crippen molar-refractivity contribution in [2.45, 2.75) is 0 Å². The lowest BCUT2D eigenvalue weighted by molar-refractivity contribution is -0.385. The minimum atomic E-state index is -0.581. The molecule has 0 atom stereocenters. The molecule has 3 rings (SSSR count). The third kappa shape index (κ3) is 4.39. The van der Waals surface area contributed by atoms with E-state index in [0.717, 1.165) is 5.69 Å². The Bertz CT molecular complexity index is 1030. The molecule has 0 spiro atoms. The molecule has 7 heteroatoms. The molecule has 0 aliphatic rings. The molecule has 7 nitrogen and oxygen atoms in total. The molecule has 0 aliphatic carbocycles. The van der Waals surface area contributed by atoms with Gasteiger partial charge in [-0.25, -0.2) is 4.98 Å². The number of anilines is 2. The highest BCUT2D eigenvalue weighted by Gasteiger charge is 2.17. The van der Waals surface area contributed by atoms with Crippen LogP contribution in [0, 0.1) is 10.1 Å². The van der Waals surface area contributed by atoms with Crippen LogP contribution < -0.4 is 10.1 Å². The summed E-state index contributed by atoms with van der Waals surface area (Å²) in [7, 11) is 1.34. The van der Waals surface area contributed by atoms with E-state index in [1.165, 1.54) is 31.4 Å². The summed E-state index contributed by atoms with van der Waals surface area (Å²) in [6.45, 7) is 0. The van der Waals surface area contributed by atoms with Gasteiger partial charge in [0.1, 0.15) is 5.82 Å². The van der Waals surface area contributed by atoms with Gasteiger partial charge in [-0.05, 0) is 48.6 Å². The molecule has 1 heterocycles. The lowest BCUT2D eigenvalue weighted by Gasteiger charge is -2.08. The minimum Gasteiger partial charge on any atom is -0.490 e. The number of para-hydroxylation sites is 1. The van der Waals surface area contributed by atoms with Crippen LogP contribution in [0.3, 0.4) is 0 Å². The maximum atomic E-state index is 12.5. The molecule has 1 aromatic heterocycles. The van der Waals surface area contributed by atoms with Crippen molar-refractivity contribution in [2.75, 3.05) is 12.4 Å². The van der Waals surface area contributed by atoms with Crippen molar-refractivity contribution < 1.29 is 14.5 Å². The summed E-state index contributed by atoms with van der Waals surface area (Å²) in [6.07, 6.45) is 4.63. The van der Waals surface area contributed by atoms with Crippen molar-refractivity contribution in [3.63, 3.8) is 0 Å². The van der Waals surface area contributed by atoms with Gasteiger partial charge >= 0.3 is 5.69 Å². The van der Waals surface area contributed by atoms with Crippen LogP contribution in [0.5, 0.6) is 5.75 Å². The van der Waals surface area contributed by atoms with Crippen LogP contribution in [0.2, 0.25) is 0 Å². The lowest BCUT2D eigenvalue weighted by Crippen LogP contribution is -1.99. The molecule has 140 valence electrons. The molecule has 0 aliphatic heterocycles. The quantitative estimate of drug-likeness (QED) is 0.280. The SMILES string of the molecule is COc1ccc(C(=O)/C=C/c2cccnc2Nc2ccccc2)cc1[N+](=O)[O-]. The van der Waals surface area contributed by atoms with Crippen molar-refractivity contribution in [2.24, 2.45) is 0 Å². The third-order valence-corrected chi connectivity index (χ3v) is 3.95. The van der Waals surface area contributed by atoms with E-state index in [4.69, 9.17) is 4.74 Å². The summed E-state index contributed by atoms with van der Waals surface area (Å²) in [4.78, 5) is 27.3. The minimum absolute atomic E-state index is 0.104. The molecule has 3 aromatic rings. The van der Waals surface area contributed by atoms with Gasteiger partial charge in [-0.2, -0.15) is 0 Å². The third-order valence-electron chi connectivity index (χ3n) is 3.95. The second-order valence-electron chi connectivity index (χ2n) is 5.77. The van der Waals surface area contributed by atoms with Gasteiger partial charge < -0.3 is 10.1 Å². The fourth-order valence-electron chi connectivity index (χ4n) is 2.56. The Morgan fingerprint density at radius 3 is 2.64 bits per heavy atom. The van der Waals surface area contributed by atoms with E-state index in [1.54, 1.807) is 18.3 Å².